The van der Waals surface area contributed by atoms with Gasteiger partial charge in [-0.05, 0) is 60.6 Å². The average Bonchev–Trinajstić information content (AvgIpc) is 3.17. The molecule has 3 rings (SSSR count). The lowest BCUT2D eigenvalue weighted by atomic mass is 9.89. The van der Waals surface area contributed by atoms with E-state index in [1.807, 2.05) is 30.3 Å². The molecule has 0 radical (unpaired) electrons. The van der Waals surface area contributed by atoms with Gasteiger partial charge in [-0.2, -0.15) is 8.42 Å². The highest BCUT2D eigenvalue weighted by atomic mass is 32.2. The molecule has 220 valence electrons. The molecule has 1 aromatic carbocycles. The van der Waals surface area contributed by atoms with Gasteiger partial charge in [-0.1, -0.05) is 59.7 Å². The monoisotopic (exact) mass is 615 g/mol. The van der Waals surface area contributed by atoms with Crippen molar-refractivity contribution >= 4 is 49.8 Å². The standard InChI is InChI=1S/C26H45N3O6S2Si2/c1-24(2,3)38(7,8)32-16-20-26(19(27)17-37(30,31)35-26)21(34-39(9,10)25(4,5)6)22(33-20)29-23(36)28-18-14-12-11-13-15-18/h11-15,17,20-22H,16,27H2,1-10H3,(H2,28,29,36)/t20-,21+,22-,26-/m1/s1. The van der Waals surface area contributed by atoms with Gasteiger partial charge < -0.3 is 30.0 Å². The highest BCUT2D eigenvalue weighted by Crippen LogP contribution is 2.49. The second-order valence-corrected chi connectivity index (χ2v) is 24.7. The number of ether oxygens (including phenoxy) is 1. The van der Waals surface area contributed by atoms with Gasteiger partial charge in [-0.15, -0.1) is 0 Å². The Morgan fingerprint density at radius 2 is 1.62 bits per heavy atom. The molecule has 1 fully saturated rings. The van der Waals surface area contributed by atoms with Gasteiger partial charge in [-0.25, -0.2) is 4.18 Å². The van der Waals surface area contributed by atoms with Crippen LogP contribution in [0.1, 0.15) is 41.5 Å². The van der Waals surface area contributed by atoms with Crippen LogP contribution in [0.25, 0.3) is 0 Å². The summed E-state index contributed by atoms with van der Waals surface area (Å²) in [6.07, 6.45) is -2.65. The van der Waals surface area contributed by atoms with Gasteiger partial charge in [0, 0.05) is 5.69 Å². The molecule has 2 aliphatic rings. The molecule has 9 nitrogen and oxygen atoms in total. The Kier molecular flexibility index (Phi) is 8.93. The molecule has 1 spiro atoms. The second kappa shape index (κ2) is 10.8. The molecule has 39 heavy (non-hydrogen) atoms. The van der Waals surface area contributed by atoms with E-state index in [9.17, 15) is 8.42 Å². The van der Waals surface area contributed by atoms with Crippen molar-refractivity contribution in [2.24, 2.45) is 5.73 Å². The number of nitrogens with one attached hydrogen (secondary N) is 2. The van der Waals surface area contributed by atoms with Crippen LogP contribution in [0.5, 0.6) is 0 Å². The summed E-state index contributed by atoms with van der Waals surface area (Å²) in [7, 11) is -8.82. The number of rotatable bonds is 7. The van der Waals surface area contributed by atoms with E-state index in [1.165, 1.54) is 0 Å². The fourth-order valence-electron chi connectivity index (χ4n) is 3.96. The first-order valence-electron chi connectivity index (χ1n) is 13.1. The summed E-state index contributed by atoms with van der Waals surface area (Å²) in [5.41, 5.74) is 5.70. The third kappa shape index (κ3) is 6.77. The van der Waals surface area contributed by atoms with Gasteiger partial charge in [0.2, 0.25) is 0 Å². The fraction of sp³-hybridized carbons (Fsp3) is 0.654. The van der Waals surface area contributed by atoms with Crippen molar-refractivity contribution in [1.82, 2.24) is 5.32 Å². The van der Waals surface area contributed by atoms with E-state index in [4.69, 9.17) is 35.7 Å². The molecule has 0 saturated carbocycles. The lowest BCUT2D eigenvalue weighted by Gasteiger charge is -2.43. The minimum Gasteiger partial charge on any atom is -0.414 e. The summed E-state index contributed by atoms with van der Waals surface area (Å²) in [6, 6.07) is 9.48. The highest BCUT2D eigenvalue weighted by Gasteiger charge is 2.67. The summed E-state index contributed by atoms with van der Waals surface area (Å²) in [6.45, 7) is 21.2. The minimum atomic E-state index is -4.08. The Labute approximate surface area is 241 Å². The molecule has 0 aliphatic carbocycles. The first kappa shape index (κ1) is 32.2. The van der Waals surface area contributed by atoms with Crippen molar-refractivity contribution in [2.45, 2.75) is 102 Å². The maximum Gasteiger partial charge on any atom is 0.292 e. The topological polar surface area (TPSA) is 121 Å². The number of nitrogens with two attached hydrogens (primary N) is 1. The van der Waals surface area contributed by atoms with Gasteiger partial charge >= 0.3 is 0 Å². The number of thiocarbonyl (C=S) groups is 1. The molecule has 13 heteroatoms. The molecular formula is C26H45N3O6S2Si2. The van der Waals surface area contributed by atoms with E-state index in [1.54, 1.807) is 0 Å². The number of hydrogen-bond donors (Lipinski definition) is 3. The molecule has 0 unspecified atom stereocenters. The lowest BCUT2D eigenvalue weighted by Crippen LogP contribution is -2.61. The zero-order chi connectivity index (χ0) is 29.7. The molecule has 1 saturated heterocycles. The van der Waals surface area contributed by atoms with Crippen LogP contribution in [0.2, 0.25) is 36.3 Å². The normalized spacial score (nSPS) is 27.4. The molecule has 2 heterocycles. The van der Waals surface area contributed by atoms with Crippen molar-refractivity contribution in [2.75, 3.05) is 11.9 Å². The molecule has 1 aromatic rings. The van der Waals surface area contributed by atoms with E-state index < -0.39 is 50.8 Å². The maximum absolute atomic E-state index is 12.8. The minimum absolute atomic E-state index is 0.0290. The summed E-state index contributed by atoms with van der Waals surface area (Å²) in [4.78, 5) is 0. The van der Waals surface area contributed by atoms with Crippen LogP contribution in [0.15, 0.2) is 41.4 Å². The number of anilines is 1. The summed E-state index contributed by atoms with van der Waals surface area (Å²) < 4.78 is 51.3. The first-order chi connectivity index (χ1) is 17.6. The van der Waals surface area contributed by atoms with Gasteiger partial charge in [0.05, 0.1) is 17.7 Å². The van der Waals surface area contributed by atoms with Crippen molar-refractivity contribution in [1.29, 1.82) is 0 Å². The zero-order valence-electron chi connectivity index (χ0n) is 24.7. The Morgan fingerprint density at radius 3 is 2.10 bits per heavy atom. The third-order valence-electron chi connectivity index (χ3n) is 8.40. The van der Waals surface area contributed by atoms with Gasteiger partial charge in [0.15, 0.2) is 33.6 Å². The Balaban J connectivity index is 2.03. The Bertz CT molecular complexity index is 1200. The van der Waals surface area contributed by atoms with Gasteiger partial charge in [-0.3, -0.25) is 0 Å². The number of benzene rings is 1. The summed E-state index contributed by atoms with van der Waals surface area (Å²) >= 11 is 5.61. The summed E-state index contributed by atoms with van der Waals surface area (Å²) in [5.74, 6) is 0. The Morgan fingerprint density at radius 1 is 1.05 bits per heavy atom. The molecule has 0 aromatic heterocycles. The maximum atomic E-state index is 12.8. The highest BCUT2D eigenvalue weighted by molar-refractivity contribution is 7.90. The average molecular weight is 616 g/mol. The Hall–Kier alpha value is -1.33. The van der Waals surface area contributed by atoms with Crippen LogP contribution in [-0.2, 0) is 27.9 Å². The van der Waals surface area contributed by atoms with E-state index >= 15 is 0 Å². The van der Waals surface area contributed by atoms with Gasteiger partial charge in [0.1, 0.15) is 12.2 Å². The predicted octanol–water partition coefficient (Wildman–Crippen LogP) is 5.01. The van der Waals surface area contributed by atoms with Crippen molar-refractivity contribution in [3.8, 4) is 0 Å². The zero-order valence-corrected chi connectivity index (χ0v) is 28.4. The molecule has 0 bridgehead atoms. The smallest absolute Gasteiger partial charge is 0.292 e. The van der Waals surface area contributed by atoms with Gasteiger partial charge in [0.25, 0.3) is 10.1 Å². The van der Waals surface area contributed by atoms with Crippen LogP contribution in [0.3, 0.4) is 0 Å². The predicted molar refractivity (Wildman–Crippen MR) is 165 cm³/mol. The van der Waals surface area contributed by atoms with E-state index in [0.29, 0.717) is 5.11 Å². The van der Waals surface area contributed by atoms with Crippen molar-refractivity contribution in [3.05, 3.63) is 41.4 Å². The van der Waals surface area contributed by atoms with Crippen molar-refractivity contribution in [3.63, 3.8) is 0 Å². The third-order valence-corrected chi connectivity index (χ3v) is 18.6. The van der Waals surface area contributed by atoms with Crippen LogP contribution in [0.4, 0.5) is 5.69 Å². The largest absolute Gasteiger partial charge is 0.414 e. The van der Waals surface area contributed by atoms with E-state index in [2.05, 4.69) is 78.4 Å². The van der Waals surface area contributed by atoms with Crippen LogP contribution >= 0.6 is 12.2 Å². The first-order valence-corrected chi connectivity index (χ1v) is 20.8. The van der Waals surface area contributed by atoms with Crippen molar-refractivity contribution < 1.29 is 26.2 Å². The summed E-state index contributed by atoms with van der Waals surface area (Å²) in [5, 5.41) is 7.34. The SMILES string of the molecule is CC(C)(C)[Si](C)(C)OC[C@H]1O[C@@H](NC(=S)Nc2ccccc2)[C@H](O[Si](C)(C)C(C)(C)C)[C@]12OS(=O)(=O)C=C2N. The fourth-order valence-corrected chi connectivity index (χ4v) is 7.70. The van der Waals surface area contributed by atoms with Crippen LogP contribution in [-0.4, -0.2) is 60.8 Å². The molecular weight excluding hydrogens is 571 g/mol. The van der Waals surface area contributed by atoms with E-state index in [-0.39, 0.29) is 22.4 Å². The second-order valence-electron chi connectivity index (χ2n) is 13.3. The molecule has 4 N–H and O–H groups in total. The van der Waals surface area contributed by atoms with Crippen LogP contribution in [0, 0.1) is 0 Å². The number of hydrogen-bond acceptors (Lipinski definition) is 8. The lowest BCUT2D eigenvalue weighted by molar-refractivity contribution is -0.0412. The van der Waals surface area contributed by atoms with E-state index in [0.717, 1.165) is 11.1 Å². The number of para-hydroxylation sites is 1. The molecule has 0 amide bonds. The quantitative estimate of drug-likeness (QED) is 0.219. The molecule has 4 atom stereocenters. The molecule has 2 aliphatic heterocycles. The van der Waals surface area contributed by atoms with Crippen LogP contribution < -0.4 is 16.4 Å².